The van der Waals surface area contributed by atoms with Crippen LogP contribution in [0.5, 0.6) is 11.5 Å². The summed E-state index contributed by atoms with van der Waals surface area (Å²) in [6, 6.07) is 13.7. The highest BCUT2D eigenvalue weighted by Gasteiger charge is 2.20. The standard InChI is InChI=1S/C22H26N2O3/c1-15(12-16-8-9-20(26-2)21(13-16)27-3)22(25)24-14-17(10-11-23)18-6-4-5-7-19(18)24/h4-9,13-15H,10-12,23H2,1-3H3. The molecule has 0 radical (unpaired) electrons. The highest BCUT2D eigenvalue weighted by atomic mass is 16.5. The van der Waals surface area contributed by atoms with Gasteiger partial charge < -0.3 is 15.2 Å². The smallest absolute Gasteiger partial charge is 0.234 e. The maximum Gasteiger partial charge on any atom is 0.234 e. The molecule has 2 N–H and O–H groups in total. The summed E-state index contributed by atoms with van der Waals surface area (Å²) < 4.78 is 12.4. The fourth-order valence-corrected chi connectivity index (χ4v) is 3.47. The number of ether oxygens (including phenoxy) is 2. The number of carbonyl (C=O) groups excluding carboxylic acids is 1. The summed E-state index contributed by atoms with van der Waals surface area (Å²) in [5.41, 5.74) is 8.81. The molecule has 3 aromatic rings. The summed E-state index contributed by atoms with van der Waals surface area (Å²) in [7, 11) is 3.22. The lowest BCUT2D eigenvalue weighted by molar-refractivity contribution is 0.0849. The van der Waals surface area contributed by atoms with E-state index in [0.29, 0.717) is 24.5 Å². The van der Waals surface area contributed by atoms with Gasteiger partial charge in [-0.1, -0.05) is 31.2 Å². The Balaban J connectivity index is 1.87. The molecule has 0 bridgehead atoms. The van der Waals surface area contributed by atoms with Gasteiger partial charge in [-0.15, -0.1) is 0 Å². The summed E-state index contributed by atoms with van der Waals surface area (Å²) in [5.74, 6) is 1.25. The molecule has 27 heavy (non-hydrogen) atoms. The van der Waals surface area contributed by atoms with Crippen LogP contribution in [-0.4, -0.2) is 31.2 Å². The monoisotopic (exact) mass is 366 g/mol. The zero-order chi connectivity index (χ0) is 19.4. The van der Waals surface area contributed by atoms with Crippen LogP contribution < -0.4 is 15.2 Å². The van der Waals surface area contributed by atoms with Gasteiger partial charge in [0.05, 0.1) is 19.7 Å². The lowest BCUT2D eigenvalue weighted by atomic mass is 10.00. The molecule has 1 unspecified atom stereocenters. The van der Waals surface area contributed by atoms with Gasteiger partial charge >= 0.3 is 0 Å². The lowest BCUT2D eigenvalue weighted by Crippen LogP contribution is -2.20. The van der Waals surface area contributed by atoms with Crippen molar-refractivity contribution in [3.05, 3.63) is 59.8 Å². The molecule has 0 aliphatic heterocycles. The summed E-state index contributed by atoms with van der Waals surface area (Å²) >= 11 is 0. The van der Waals surface area contributed by atoms with Crippen molar-refractivity contribution in [3.63, 3.8) is 0 Å². The maximum atomic E-state index is 13.1. The van der Waals surface area contributed by atoms with E-state index in [2.05, 4.69) is 0 Å². The molecular formula is C22H26N2O3. The van der Waals surface area contributed by atoms with Gasteiger partial charge in [-0.2, -0.15) is 0 Å². The average Bonchev–Trinajstić information content (AvgIpc) is 3.06. The number of rotatable bonds is 7. The predicted octanol–water partition coefficient (Wildman–Crippen LogP) is 3.68. The summed E-state index contributed by atoms with van der Waals surface area (Å²) in [4.78, 5) is 13.1. The number of fused-ring (bicyclic) bond motifs is 1. The minimum Gasteiger partial charge on any atom is -0.493 e. The molecule has 5 heteroatoms. The Labute approximate surface area is 159 Å². The van der Waals surface area contributed by atoms with Crippen molar-refractivity contribution < 1.29 is 14.3 Å². The lowest BCUT2D eigenvalue weighted by Gasteiger charge is -2.14. The average molecular weight is 366 g/mol. The maximum absolute atomic E-state index is 13.1. The highest BCUT2D eigenvalue weighted by molar-refractivity contribution is 5.95. The van der Waals surface area contributed by atoms with Crippen molar-refractivity contribution in [3.8, 4) is 11.5 Å². The van der Waals surface area contributed by atoms with Gasteiger partial charge in [-0.05, 0) is 48.7 Å². The molecule has 0 spiro atoms. The normalized spacial score (nSPS) is 12.1. The molecule has 1 aromatic heterocycles. The van der Waals surface area contributed by atoms with Crippen molar-refractivity contribution >= 4 is 16.8 Å². The Hall–Kier alpha value is -2.79. The summed E-state index contributed by atoms with van der Waals surface area (Å²) in [5, 5.41) is 1.09. The molecule has 2 aromatic carbocycles. The molecule has 0 saturated carbocycles. The minimum atomic E-state index is -0.176. The fraction of sp³-hybridized carbons (Fsp3) is 0.318. The number of nitrogens with two attached hydrogens (primary N) is 1. The third-order valence-electron chi connectivity index (χ3n) is 4.86. The van der Waals surface area contributed by atoms with Gasteiger partial charge in [-0.25, -0.2) is 0 Å². The van der Waals surface area contributed by atoms with E-state index in [1.54, 1.807) is 18.8 Å². The van der Waals surface area contributed by atoms with Gasteiger partial charge in [0.1, 0.15) is 0 Å². The third-order valence-corrected chi connectivity index (χ3v) is 4.86. The van der Waals surface area contributed by atoms with Crippen molar-refractivity contribution in [2.75, 3.05) is 20.8 Å². The molecular weight excluding hydrogens is 340 g/mol. The van der Waals surface area contributed by atoms with Gasteiger partial charge in [0, 0.05) is 17.5 Å². The number of hydrogen-bond donors (Lipinski definition) is 1. The Morgan fingerprint density at radius 3 is 2.56 bits per heavy atom. The van der Waals surface area contributed by atoms with Gasteiger partial charge in [0.25, 0.3) is 0 Å². The SMILES string of the molecule is COc1ccc(CC(C)C(=O)n2cc(CCN)c3ccccc32)cc1OC. The van der Waals surface area contributed by atoms with Crippen LogP contribution in [0.3, 0.4) is 0 Å². The van der Waals surface area contributed by atoms with Crippen LogP contribution >= 0.6 is 0 Å². The molecule has 0 aliphatic carbocycles. The Morgan fingerprint density at radius 1 is 1.11 bits per heavy atom. The number of nitrogens with zero attached hydrogens (tertiary/aromatic N) is 1. The van der Waals surface area contributed by atoms with Crippen LogP contribution in [0.2, 0.25) is 0 Å². The zero-order valence-electron chi connectivity index (χ0n) is 16.1. The number of benzene rings is 2. The van der Waals surface area contributed by atoms with Crippen LogP contribution in [-0.2, 0) is 12.8 Å². The van der Waals surface area contributed by atoms with Crippen molar-refractivity contribution in [2.24, 2.45) is 11.7 Å². The van der Waals surface area contributed by atoms with E-state index in [9.17, 15) is 4.79 Å². The van der Waals surface area contributed by atoms with E-state index in [0.717, 1.165) is 28.5 Å². The molecule has 0 fully saturated rings. The van der Waals surface area contributed by atoms with Crippen molar-refractivity contribution in [2.45, 2.75) is 19.8 Å². The van der Waals surface area contributed by atoms with Crippen molar-refractivity contribution in [1.29, 1.82) is 0 Å². The van der Waals surface area contributed by atoms with Crippen LogP contribution in [0.15, 0.2) is 48.7 Å². The molecule has 0 saturated heterocycles. The van der Waals surface area contributed by atoms with E-state index in [4.69, 9.17) is 15.2 Å². The highest BCUT2D eigenvalue weighted by Crippen LogP contribution is 2.29. The molecule has 1 heterocycles. The van der Waals surface area contributed by atoms with Crippen LogP contribution in [0.4, 0.5) is 0 Å². The first-order chi connectivity index (χ1) is 13.1. The topological polar surface area (TPSA) is 66.5 Å². The van der Waals surface area contributed by atoms with E-state index >= 15 is 0 Å². The first-order valence-electron chi connectivity index (χ1n) is 9.13. The molecule has 0 aliphatic rings. The first kappa shape index (κ1) is 19.0. The molecule has 3 rings (SSSR count). The minimum absolute atomic E-state index is 0.0734. The number of para-hydroxylation sites is 1. The van der Waals surface area contributed by atoms with E-state index < -0.39 is 0 Å². The second-order valence-corrected chi connectivity index (χ2v) is 6.71. The molecule has 5 nitrogen and oxygen atoms in total. The quantitative estimate of drug-likeness (QED) is 0.693. The third kappa shape index (κ3) is 3.83. The second-order valence-electron chi connectivity index (χ2n) is 6.71. The van der Waals surface area contributed by atoms with E-state index in [1.165, 1.54) is 0 Å². The molecule has 0 amide bonds. The van der Waals surface area contributed by atoms with Gasteiger partial charge in [0.15, 0.2) is 11.5 Å². The van der Waals surface area contributed by atoms with E-state index in [1.807, 2.05) is 55.6 Å². The zero-order valence-corrected chi connectivity index (χ0v) is 16.1. The summed E-state index contributed by atoms with van der Waals surface area (Å²) in [6.07, 6.45) is 3.31. The van der Waals surface area contributed by atoms with Crippen LogP contribution in [0, 0.1) is 5.92 Å². The summed E-state index contributed by atoms with van der Waals surface area (Å²) in [6.45, 7) is 2.51. The van der Waals surface area contributed by atoms with Crippen LogP contribution in [0.25, 0.3) is 10.9 Å². The Kier molecular flexibility index (Phi) is 5.81. The second kappa shape index (κ2) is 8.27. The Morgan fingerprint density at radius 2 is 1.85 bits per heavy atom. The Bertz CT molecular complexity index is 946. The van der Waals surface area contributed by atoms with E-state index in [-0.39, 0.29) is 11.8 Å². The number of aromatic nitrogens is 1. The number of carbonyl (C=O) groups is 1. The number of hydrogen-bond acceptors (Lipinski definition) is 4. The fourth-order valence-electron chi connectivity index (χ4n) is 3.47. The van der Waals surface area contributed by atoms with Gasteiger partial charge in [-0.3, -0.25) is 9.36 Å². The molecule has 142 valence electrons. The largest absolute Gasteiger partial charge is 0.493 e. The number of methoxy groups -OCH3 is 2. The van der Waals surface area contributed by atoms with Crippen molar-refractivity contribution in [1.82, 2.24) is 4.57 Å². The molecule has 1 atom stereocenters. The van der Waals surface area contributed by atoms with Gasteiger partial charge in [0.2, 0.25) is 5.91 Å². The first-order valence-corrected chi connectivity index (χ1v) is 9.13. The predicted molar refractivity (Wildman–Crippen MR) is 108 cm³/mol. The van der Waals surface area contributed by atoms with Crippen LogP contribution in [0.1, 0.15) is 22.8 Å².